The van der Waals surface area contributed by atoms with E-state index in [2.05, 4.69) is 4.98 Å². The molecule has 2 rings (SSSR count). The second-order valence-corrected chi connectivity index (χ2v) is 3.95. The molecule has 0 saturated heterocycles. The minimum Gasteiger partial charge on any atom is -0.472 e. The number of hydrogen-bond donors (Lipinski definition) is 0. The number of carbonyl (C=O) groups is 1. The minimum atomic E-state index is -0.0194. The fourth-order valence-electron chi connectivity index (χ4n) is 1.57. The van der Waals surface area contributed by atoms with Gasteiger partial charge in [-0.3, -0.25) is 9.78 Å². The van der Waals surface area contributed by atoms with Crippen LogP contribution in [0.3, 0.4) is 0 Å². The van der Waals surface area contributed by atoms with Crippen molar-refractivity contribution in [3.05, 3.63) is 48.2 Å². The molecule has 0 amide bonds. The Morgan fingerprint density at radius 3 is 2.76 bits per heavy atom. The Labute approximate surface area is 99.9 Å². The SMILES string of the molecule is CC(=O)c1ccc(N(C)Cc2ccoc2)cn1. The summed E-state index contributed by atoms with van der Waals surface area (Å²) in [7, 11) is 1.97. The van der Waals surface area contributed by atoms with Gasteiger partial charge in [-0.05, 0) is 18.2 Å². The highest BCUT2D eigenvalue weighted by molar-refractivity contribution is 5.92. The number of rotatable bonds is 4. The number of nitrogens with zero attached hydrogens (tertiary/aromatic N) is 2. The van der Waals surface area contributed by atoms with Gasteiger partial charge in [-0.2, -0.15) is 0 Å². The summed E-state index contributed by atoms with van der Waals surface area (Å²) in [4.78, 5) is 17.3. The summed E-state index contributed by atoms with van der Waals surface area (Å²) in [6.45, 7) is 2.26. The van der Waals surface area contributed by atoms with Gasteiger partial charge in [0.05, 0.1) is 24.4 Å². The Bertz CT molecular complexity index is 489. The highest BCUT2D eigenvalue weighted by atomic mass is 16.3. The average molecular weight is 230 g/mol. The van der Waals surface area contributed by atoms with Crippen molar-refractivity contribution in [2.45, 2.75) is 13.5 Å². The molecule has 4 nitrogen and oxygen atoms in total. The van der Waals surface area contributed by atoms with E-state index in [0.717, 1.165) is 17.8 Å². The van der Waals surface area contributed by atoms with E-state index in [4.69, 9.17) is 4.42 Å². The normalized spacial score (nSPS) is 10.2. The van der Waals surface area contributed by atoms with Crippen LogP contribution in [0, 0.1) is 0 Å². The van der Waals surface area contributed by atoms with Crippen molar-refractivity contribution in [1.82, 2.24) is 4.98 Å². The van der Waals surface area contributed by atoms with E-state index >= 15 is 0 Å². The molecule has 2 aromatic heterocycles. The molecule has 0 aliphatic rings. The van der Waals surface area contributed by atoms with Crippen LogP contribution >= 0.6 is 0 Å². The molecule has 0 N–H and O–H groups in total. The lowest BCUT2D eigenvalue weighted by atomic mass is 10.2. The van der Waals surface area contributed by atoms with E-state index in [1.807, 2.05) is 24.1 Å². The molecule has 2 heterocycles. The van der Waals surface area contributed by atoms with Gasteiger partial charge in [0.2, 0.25) is 0 Å². The Kier molecular flexibility index (Phi) is 3.23. The van der Waals surface area contributed by atoms with E-state index in [-0.39, 0.29) is 5.78 Å². The number of Topliss-reactive ketones (excluding diaryl/α,β-unsaturated/α-hetero) is 1. The summed E-state index contributed by atoms with van der Waals surface area (Å²) in [6, 6.07) is 5.56. The minimum absolute atomic E-state index is 0.0194. The van der Waals surface area contributed by atoms with Crippen molar-refractivity contribution >= 4 is 11.5 Å². The molecule has 0 aromatic carbocycles. The van der Waals surface area contributed by atoms with Gasteiger partial charge >= 0.3 is 0 Å². The summed E-state index contributed by atoms with van der Waals surface area (Å²) >= 11 is 0. The first-order chi connectivity index (χ1) is 8.16. The Morgan fingerprint density at radius 1 is 1.41 bits per heavy atom. The molecule has 0 saturated carbocycles. The Balaban J connectivity index is 2.09. The molecule has 0 bridgehead atoms. The fraction of sp³-hybridized carbons (Fsp3) is 0.231. The second kappa shape index (κ2) is 4.82. The van der Waals surface area contributed by atoms with Gasteiger partial charge in [-0.25, -0.2) is 0 Å². The van der Waals surface area contributed by atoms with Gasteiger partial charge < -0.3 is 9.32 Å². The van der Waals surface area contributed by atoms with Gasteiger partial charge in [0.1, 0.15) is 5.69 Å². The number of pyridine rings is 1. The molecule has 0 atom stereocenters. The predicted octanol–water partition coefficient (Wildman–Crippen LogP) is 2.51. The quantitative estimate of drug-likeness (QED) is 0.757. The number of furan rings is 1. The highest BCUT2D eigenvalue weighted by Crippen LogP contribution is 2.15. The van der Waals surface area contributed by atoms with Crippen molar-refractivity contribution in [2.24, 2.45) is 0 Å². The first-order valence-corrected chi connectivity index (χ1v) is 5.36. The van der Waals surface area contributed by atoms with E-state index < -0.39 is 0 Å². The van der Waals surface area contributed by atoms with Gasteiger partial charge in [0.25, 0.3) is 0 Å². The molecule has 0 radical (unpaired) electrons. The van der Waals surface area contributed by atoms with Crippen molar-refractivity contribution in [3.63, 3.8) is 0 Å². The predicted molar refractivity (Wildman–Crippen MR) is 65.1 cm³/mol. The van der Waals surface area contributed by atoms with Crippen LogP contribution in [-0.2, 0) is 6.54 Å². The van der Waals surface area contributed by atoms with Crippen LogP contribution in [0.5, 0.6) is 0 Å². The van der Waals surface area contributed by atoms with Crippen LogP contribution in [0.4, 0.5) is 5.69 Å². The third kappa shape index (κ3) is 2.72. The molecule has 0 spiro atoms. The first kappa shape index (κ1) is 11.4. The summed E-state index contributed by atoms with van der Waals surface area (Å²) in [5, 5.41) is 0. The fourth-order valence-corrected chi connectivity index (χ4v) is 1.57. The molecule has 17 heavy (non-hydrogen) atoms. The molecular formula is C13H14N2O2. The maximum absolute atomic E-state index is 11.1. The third-order valence-corrected chi connectivity index (χ3v) is 2.55. The highest BCUT2D eigenvalue weighted by Gasteiger charge is 2.05. The lowest BCUT2D eigenvalue weighted by molar-refractivity contribution is 0.101. The maximum Gasteiger partial charge on any atom is 0.178 e. The van der Waals surface area contributed by atoms with Crippen LogP contribution in [0.2, 0.25) is 0 Å². The summed E-state index contributed by atoms with van der Waals surface area (Å²) in [5.74, 6) is -0.0194. The van der Waals surface area contributed by atoms with E-state index in [0.29, 0.717) is 5.69 Å². The molecule has 0 aliphatic heterocycles. The lowest BCUT2D eigenvalue weighted by Gasteiger charge is -2.17. The van der Waals surface area contributed by atoms with Crippen molar-refractivity contribution in [2.75, 3.05) is 11.9 Å². The monoisotopic (exact) mass is 230 g/mol. The summed E-state index contributed by atoms with van der Waals surface area (Å²) in [6.07, 6.45) is 5.07. The molecule has 2 aromatic rings. The topological polar surface area (TPSA) is 46.3 Å². The van der Waals surface area contributed by atoms with Crippen molar-refractivity contribution < 1.29 is 9.21 Å². The van der Waals surface area contributed by atoms with Gasteiger partial charge in [-0.1, -0.05) is 0 Å². The lowest BCUT2D eigenvalue weighted by Crippen LogP contribution is -2.16. The van der Waals surface area contributed by atoms with Crippen molar-refractivity contribution in [1.29, 1.82) is 0 Å². The summed E-state index contributed by atoms with van der Waals surface area (Å²) < 4.78 is 5.01. The smallest absolute Gasteiger partial charge is 0.178 e. The maximum atomic E-state index is 11.1. The molecule has 4 heteroatoms. The number of hydrogen-bond acceptors (Lipinski definition) is 4. The average Bonchev–Trinajstić information content (AvgIpc) is 2.82. The molecular weight excluding hydrogens is 216 g/mol. The number of ketones is 1. The Morgan fingerprint density at radius 2 is 2.24 bits per heavy atom. The number of carbonyl (C=O) groups excluding carboxylic acids is 1. The van der Waals surface area contributed by atoms with Crippen LogP contribution in [0.25, 0.3) is 0 Å². The van der Waals surface area contributed by atoms with Crippen LogP contribution in [-0.4, -0.2) is 17.8 Å². The largest absolute Gasteiger partial charge is 0.472 e. The zero-order valence-corrected chi connectivity index (χ0v) is 9.88. The third-order valence-electron chi connectivity index (χ3n) is 2.55. The van der Waals surface area contributed by atoms with Crippen LogP contribution in [0.1, 0.15) is 23.0 Å². The van der Waals surface area contributed by atoms with E-state index in [9.17, 15) is 4.79 Å². The Hall–Kier alpha value is -2.10. The zero-order valence-electron chi connectivity index (χ0n) is 9.88. The van der Waals surface area contributed by atoms with Gasteiger partial charge in [-0.15, -0.1) is 0 Å². The molecule has 0 unspecified atom stereocenters. The van der Waals surface area contributed by atoms with Crippen molar-refractivity contribution in [3.8, 4) is 0 Å². The van der Waals surface area contributed by atoms with Gasteiger partial charge in [0.15, 0.2) is 5.78 Å². The second-order valence-electron chi connectivity index (χ2n) is 3.95. The molecule has 0 aliphatic carbocycles. The van der Waals surface area contributed by atoms with E-state index in [1.54, 1.807) is 24.8 Å². The number of anilines is 1. The van der Waals surface area contributed by atoms with Crippen LogP contribution < -0.4 is 4.90 Å². The molecule has 88 valence electrons. The van der Waals surface area contributed by atoms with E-state index in [1.165, 1.54) is 6.92 Å². The molecule has 0 fully saturated rings. The zero-order chi connectivity index (χ0) is 12.3. The number of aromatic nitrogens is 1. The van der Waals surface area contributed by atoms with Gasteiger partial charge in [0, 0.05) is 26.1 Å². The van der Waals surface area contributed by atoms with Crippen LogP contribution in [0.15, 0.2) is 41.3 Å². The standard InChI is InChI=1S/C13H14N2O2/c1-10(16)13-4-3-12(7-14-13)15(2)8-11-5-6-17-9-11/h3-7,9H,8H2,1-2H3. The first-order valence-electron chi connectivity index (χ1n) is 5.36. The summed E-state index contributed by atoms with van der Waals surface area (Å²) in [5.41, 5.74) is 2.56.